The molecule has 0 bridgehead atoms. The fourth-order valence-electron chi connectivity index (χ4n) is 2.08. The van der Waals surface area contributed by atoms with Gasteiger partial charge in [0.05, 0.1) is 22.4 Å². The van der Waals surface area contributed by atoms with Gasteiger partial charge in [-0.25, -0.2) is 0 Å². The summed E-state index contributed by atoms with van der Waals surface area (Å²) < 4.78 is 2.78. The van der Waals surface area contributed by atoms with Crippen LogP contribution in [0.25, 0.3) is 0 Å². The summed E-state index contributed by atoms with van der Waals surface area (Å²) in [6, 6.07) is 8.14. The predicted octanol–water partition coefficient (Wildman–Crippen LogP) is 2.79. The Kier molecular flexibility index (Phi) is 3.64. The first-order chi connectivity index (χ1) is 8.15. The minimum atomic E-state index is -0.145. The van der Waals surface area contributed by atoms with E-state index in [2.05, 4.69) is 40.1 Å². The normalized spacial score (nSPS) is 12.7. The van der Waals surface area contributed by atoms with E-state index in [0.717, 1.165) is 16.6 Å². The zero-order chi connectivity index (χ0) is 12.4. The predicted molar refractivity (Wildman–Crippen MR) is 72.8 cm³/mol. The van der Waals surface area contributed by atoms with E-state index < -0.39 is 0 Å². The lowest BCUT2D eigenvalue weighted by Crippen LogP contribution is -2.18. The van der Waals surface area contributed by atoms with E-state index in [-0.39, 0.29) is 6.04 Å². The van der Waals surface area contributed by atoms with Crippen LogP contribution in [0.4, 0.5) is 0 Å². The highest BCUT2D eigenvalue weighted by molar-refractivity contribution is 9.10. The Balaban J connectivity index is 2.47. The summed E-state index contributed by atoms with van der Waals surface area (Å²) in [4.78, 5) is 0. The molecule has 0 spiro atoms. The summed E-state index contributed by atoms with van der Waals surface area (Å²) in [5.74, 6) is 0. The molecule has 0 fully saturated rings. The molecule has 0 saturated heterocycles. The largest absolute Gasteiger partial charge is 0.319 e. The van der Waals surface area contributed by atoms with Crippen LogP contribution in [0.2, 0.25) is 0 Å². The van der Waals surface area contributed by atoms with Crippen molar-refractivity contribution in [1.29, 1.82) is 0 Å². The van der Waals surface area contributed by atoms with Crippen molar-refractivity contribution in [3.8, 4) is 0 Å². The minimum Gasteiger partial charge on any atom is -0.319 e. The second-order valence-corrected chi connectivity index (χ2v) is 4.89. The second kappa shape index (κ2) is 5.02. The van der Waals surface area contributed by atoms with Crippen LogP contribution in [0.1, 0.15) is 29.8 Å². The van der Waals surface area contributed by atoms with Crippen molar-refractivity contribution < 1.29 is 0 Å². The molecule has 17 heavy (non-hydrogen) atoms. The van der Waals surface area contributed by atoms with Gasteiger partial charge in [0.1, 0.15) is 0 Å². The van der Waals surface area contributed by atoms with Crippen LogP contribution >= 0.6 is 15.9 Å². The molecule has 0 aliphatic heterocycles. The van der Waals surface area contributed by atoms with Crippen molar-refractivity contribution in [3.05, 3.63) is 51.8 Å². The SMILES string of the molecule is CCc1ccccc1C(N)c1c(Br)cnn1C. The van der Waals surface area contributed by atoms with Gasteiger partial charge in [-0.15, -0.1) is 0 Å². The van der Waals surface area contributed by atoms with Crippen molar-refractivity contribution in [2.24, 2.45) is 12.8 Å². The molecule has 2 N–H and O–H groups in total. The first-order valence-corrected chi connectivity index (χ1v) is 6.45. The Morgan fingerprint density at radius 1 is 1.41 bits per heavy atom. The standard InChI is InChI=1S/C13H16BrN3/c1-3-9-6-4-5-7-10(9)12(15)13-11(14)8-16-17(13)2/h4-8,12H,3,15H2,1-2H3. The number of aromatic nitrogens is 2. The lowest BCUT2D eigenvalue weighted by atomic mass is 9.97. The zero-order valence-corrected chi connectivity index (χ0v) is 11.6. The highest BCUT2D eigenvalue weighted by atomic mass is 79.9. The fourth-order valence-corrected chi connectivity index (χ4v) is 2.67. The number of rotatable bonds is 3. The topological polar surface area (TPSA) is 43.8 Å². The third kappa shape index (κ3) is 2.28. The van der Waals surface area contributed by atoms with E-state index in [9.17, 15) is 0 Å². The molecule has 0 aliphatic carbocycles. The molecule has 1 atom stereocenters. The third-order valence-corrected chi connectivity index (χ3v) is 3.61. The molecule has 2 aromatic rings. The molecule has 1 aromatic heterocycles. The maximum absolute atomic E-state index is 6.35. The maximum Gasteiger partial charge on any atom is 0.0737 e. The van der Waals surface area contributed by atoms with Gasteiger partial charge in [-0.1, -0.05) is 31.2 Å². The van der Waals surface area contributed by atoms with Gasteiger partial charge in [0.25, 0.3) is 0 Å². The molecular formula is C13H16BrN3. The van der Waals surface area contributed by atoms with Crippen molar-refractivity contribution in [2.75, 3.05) is 0 Å². The van der Waals surface area contributed by atoms with E-state index in [1.807, 2.05) is 23.9 Å². The molecule has 2 rings (SSSR count). The molecule has 1 heterocycles. The second-order valence-electron chi connectivity index (χ2n) is 4.03. The maximum atomic E-state index is 6.35. The van der Waals surface area contributed by atoms with Crippen LogP contribution in [-0.4, -0.2) is 9.78 Å². The molecule has 1 unspecified atom stereocenters. The minimum absolute atomic E-state index is 0.145. The third-order valence-electron chi connectivity index (χ3n) is 3.00. The van der Waals surface area contributed by atoms with Gasteiger partial charge in [-0.3, -0.25) is 4.68 Å². The first-order valence-electron chi connectivity index (χ1n) is 5.66. The van der Waals surface area contributed by atoms with Gasteiger partial charge < -0.3 is 5.73 Å². The summed E-state index contributed by atoms with van der Waals surface area (Å²) in [6.07, 6.45) is 2.77. The van der Waals surface area contributed by atoms with E-state index in [4.69, 9.17) is 5.73 Å². The Morgan fingerprint density at radius 3 is 2.71 bits per heavy atom. The van der Waals surface area contributed by atoms with Crippen LogP contribution in [0.5, 0.6) is 0 Å². The monoisotopic (exact) mass is 293 g/mol. The molecule has 0 amide bonds. The molecule has 3 nitrogen and oxygen atoms in total. The van der Waals surface area contributed by atoms with Crippen molar-refractivity contribution in [1.82, 2.24) is 9.78 Å². The summed E-state index contributed by atoms with van der Waals surface area (Å²) in [7, 11) is 1.91. The number of hydrogen-bond acceptors (Lipinski definition) is 2. The van der Waals surface area contributed by atoms with Crippen LogP contribution in [0.3, 0.4) is 0 Å². The van der Waals surface area contributed by atoms with E-state index in [1.165, 1.54) is 11.1 Å². The zero-order valence-electron chi connectivity index (χ0n) is 10.0. The van der Waals surface area contributed by atoms with Crippen LogP contribution < -0.4 is 5.73 Å². The lowest BCUT2D eigenvalue weighted by Gasteiger charge is -2.16. The number of halogens is 1. The van der Waals surface area contributed by atoms with E-state index in [0.29, 0.717) is 0 Å². The molecular weight excluding hydrogens is 278 g/mol. The highest BCUT2D eigenvalue weighted by Gasteiger charge is 2.18. The van der Waals surface area contributed by atoms with Crippen molar-refractivity contribution >= 4 is 15.9 Å². The number of aryl methyl sites for hydroxylation is 2. The number of nitrogens with two attached hydrogens (primary N) is 1. The first kappa shape index (κ1) is 12.3. The van der Waals surface area contributed by atoms with Crippen LogP contribution in [0.15, 0.2) is 34.9 Å². The molecule has 4 heteroatoms. The van der Waals surface area contributed by atoms with Gasteiger partial charge in [0.2, 0.25) is 0 Å². The quantitative estimate of drug-likeness (QED) is 0.946. The van der Waals surface area contributed by atoms with Crippen molar-refractivity contribution in [3.63, 3.8) is 0 Å². The Bertz CT molecular complexity index is 500. The summed E-state index contributed by atoms with van der Waals surface area (Å²) in [5.41, 5.74) is 9.80. The van der Waals surface area contributed by atoms with Gasteiger partial charge >= 0.3 is 0 Å². The van der Waals surface area contributed by atoms with Gasteiger partial charge in [-0.2, -0.15) is 5.10 Å². The Hall–Kier alpha value is -1.13. The van der Waals surface area contributed by atoms with Gasteiger partial charge in [0, 0.05) is 7.05 Å². The summed E-state index contributed by atoms with van der Waals surface area (Å²) >= 11 is 3.50. The van der Waals surface area contributed by atoms with Crippen molar-refractivity contribution in [2.45, 2.75) is 19.4 Å². The fraction of sp³-hybridized carbons (Fsp3) is 0.308. The van der Waals surface area contributed by atoms with E-state index in [1.54, 1.807) is 6.20 Å². The number of nitrogens with zero attached hydrogens (tertiary/aromatic N) is 2. The summed E-state index contributed by atoms with van der Waals surface area (Å²) in [6.45, 7) is 2.14. The molecule has 0 aliphatic rings. The highest BCUT2D eigenvalue weighted by Crippen LogP contribution is 2.28. The van der Waals surface area contributed by atoms with Gasteiger partial charge in [-0.05, 0) is 33.5 Å². The molecule has 1 aromatic carbocycles. The number of benzene rings is 1. The van der Waals surface area contributed by atoms with Crippen LogP contribution in [-0.2, 0) is 13.5 Å². The number of hydrogen-bond donors (Lipinski definition) is 1. The molecule has 0 saturated carbocycles. The Morgan fingerprint density at radius 2 is 2.12 bits per heavy atom. The summed E-state index contributed by atoms with van der Waals surface area (Å²) in [5, 5.41) is 4.21. The van der Waals surface area contributed by atoms with E-state index >= 15 is 0 Å². The average molecular weight is 294 g/mol. The average Bonchev–Trinajstić information content (AvgIpc) is 2.68. The molecule has 0 radical (unpaired) electrons. The van der Waals surface area contributed by atoms with Gasteiger partial charge in [0.15, 0.2) is 0 Å². The van der Waals surface area contributed by atoms with Crippen LogP contribution in [0, 0.1) is 0 Å². The smallest absolute Gasteiger partial charge is 0.0737 e. The Labute approximate surface area is 110 Å². The molecule has 90 valence electrons. The lowest BCUT2D eigenvalue weighted by molar-refractivity contribution is 0.668.